The Kier molecular flexibility index (Phi) is 4.46. The van der Waals surface area contributed by atoms with Crippen molar-refractivity contribution in [3.63, 3.8) is 0 Å². The molecule has 0 saturated carbocycles. The van der Waals surface area contributed by atoms with E-state index in [1.54, 1.807) is 0 Å². The molecule has 1 aliphatic rings. The molecule has 4 nitrogen and oxygen atoms in total. The topological polar surface area (TPSA) is 57.6 Å². The van der Waals surface area contributed by atoms with Gasteiger partial charge in [-0.3, -0.25) is 4.79 Å². The Bertz CT molecular complexity index is 349. The number of amides is 1. The van der Waals surface area contributed by atoms with Crippen LogP contribution in [0.5, 0.6) is 0 Å². The van der Waals surface area contributed by atoms with Crippen LogP contribution in [0.4, 0.5) is 17.6 Å². The molecule has 104 valence electrons. The number of carbonyl (C=O) groups excluding carboxylic acids is 1. The summed E-state index contributed by atoms with van der Waals surface area (Å²) in [6.07, 6.45) is -6.93. The van der Waals surface area contributed by atoms with Crippen LogP contribution in [0.15, 0.2) is 0 Å². The summed E-state index contributed by atoms with van der Waals surface area (Å²) in [6, 6.07) is -1.54. The number of alkyl halides is 4. The molecule has 0 spiro atoms. The van der Waals surface area contributed by atoms with E-state index in [0.717, 1.165) is 0 Å². The van der Waals surface area contributed by atoms with Gasteiger partial charge in [0.05, 0.1) is 6.54 Å². The lowest BCUT2D eigenvalue weighted by Crippen LogP contribution is -2.48. The monoisotopic (exact) mass is 289 g/mol. The van der Waals surface area contributed by atoms with Crippen molar-refractivity contribution in [2.24, 2.45) is 5.92 Å². The van der Waals surface area contributed by atoms with E-state index in [9.17, 15) is 27.2 Å². The molecule has 1 heterocycles. The molecule has 0 aromatic rings. The lowest BCUT2D eigenvalue weighted by molar-refractivity contribution is -0.186. The van der Waals surface area contributed by atoms with Gasteiger partial charge in [-0.05, 0) is 0 Å². The quantitative estimate of drug-likeness (QED) is 0.604. The fourth-order valence-electron chi connectivity index (χ4n) is 1.78. The Morgan fingerprint density at radius 1 is 1.44 bits per heavy atom. The van der Waals surface area contributed by atoms with Crippen LogP contribution in [0.2, 0.25) is 0 Å². The lowest BCUT2D eigenvalue weighted by Gasteiger charge is -2.26. The highest BCUT2D eigenvalue weighted by Crippen LogP contribution is 2.32. The van der Waals surface area contributed by atoms with E-state index in [-0.39, 0.29) is 0 Å². The van der Waals surface area contributed by atoms with Crippen molar-refractivity contribution in [1.29, 1.82) is 0 Å². The number of rotatable bonds is 3. The Hall–Kier alpha value is -0.990. The number of thiol groups is 1. The third-order valence-corrected chi connectivity index (χ3v) is 3.06. The van der Waals surface area contributed by atoms with Gasteiger partial charge in [0.25, 0.3) is 0 Å². The number of carbonyl (C=O) groups is 2. The van der Waals surface area contributed by atoms with E-state index < -0.39 is 54.9 Å². The molecule has 1 unspecified atom stereocenters. The standard InChI is InChI=1S/C9H11F4NO3S/c10-4-1-6(8(16)17)14(2-4)7(15)5(3-18)9(11,12)13/h4-6,18H,1-3H2,(H,16,17)/t4-,5?,6-/m0/s1. The maximum absolute atomic E-state index is 13.1. The van der Waals surface area contributed by atoms with Crippen molar-refractivity contribution in [2.75, 3.05) is 12.3 Å². The van der Waals surface area contributed by atoms with Gasteiger partial charge >= 0.3 is 12.1 Å². The zero-order valence-electron chi connectivity index (χ0n) is 9.02. The van der Waals surface area contributed by atoms with Gasteiger partial charge in [-0.25, -0.2) is 9.18 Å². The van der Waals surface area contributed by atoms with E-state index >= 15 is 0 Å². The van der Waals surface area contributed by atoms with Crippen LogP contribution in [0.25, 0.3) is 0 Å². The number of hydrogen-bond acceptors (Lipinski definition) is 3. The normalized spacial score (nSPS) is 26.2. The Balaban J connectivity index is 2.91. The van der Waals surface area contributed by atoms with Crippen LogP contribution >= 0.6 is 12.6 Å². The van der Waals surface area contributed by atoms with Gasteiger partial charge in [0.1, 0.15) is 18.1 Å². The Labute approximate surface area is 105 Å². The van der Waals surface area contributed by atoms with Crippen molar-refractivity contribution in [3.8, 4) is 0 Å². The van der Waals surface area contributed by atoms with Gasteiger partial charge in [0.15, 0.2) is 0 Å². The second kappa shape index (κ2) is 5.33. The first-order valence-electron chi connectivity index (χ1n) is 5.03. The number of carboxylic acid groups (broad SMARTS) is 1. The number of aliphatic carboxylic acids is 1. The van der Waals surface area contributed by atoms with Crippen LogP contribution in [-0.4, -0.2) is 52.6 Å². The predicted molar refractivity (Wildman–Crippen MR) is 56.0 cm³/mol. The first-order valence-corrected chi connectivity index (χ1v) is 5.66. The molecule has 1 fully saturated rings. The maximum atomic E-state index is 13.1. The zero-order chi connectivity index (χ0) is 14.1. The Morgan fingerprint density at radius 2 is 2.00 bits per heavy atom. The minimum absolute atomic E-state index is 0.432. The van der Waals surface area contributed by atoms with Gasteiger partial charge in [-0.2, -0.15) is 25.8 Å². The number of hydrogen-bond donors (Lipinski definition) is 2. The number of halogens is 4. The van der Waals surface area contributed by atoms with Crippen molar-refractivity contribution >= 4 is 24.5 Å². The summed E-state index contributed by atoms with van der Waals surface area (Å²) in [7, 11) is 0. The SMILES string of the molecule is O=C(O)[C@@H]1C[C@H](F)CN1C(=O)C(CS)C(F)(F)F. The third kappa shape index (κ3) is 3.06. The van der Waals surface area contributed by atoms with Crippen LogP contribution in [-0.2, 0) is 9.59 Å². The molecule has 3 atom stereocenters. The van der Waals surface area contributed by atoms with Gasteiger partial charge in [-0.1, -0.05) is 0 Å². The molecule has 0 aliphatic carbocycles. The summed E-state index contributed by atoms with van der Waals surface area (Å²) < 4.78 is 50.6. The predicted octanol–water partition coefficient (Wildman–Crippen LogP) is 1.12. The molecule has 1 aliphatic heterocycles. The summed E-state index contributed by atoms with van der Waals surface area (Å²) >= 11 is 3.44. The van der Waals surface area contributed by atoms with Crippen molar-refractivity contribution in [2.45, 2.75) is 24.8 Å². The summed E-state index contributed by atoms with van der Waals surface area (Å²) in [4.78, 5) is 22.8. The average molecular weight is 289 g/mol. The molecule has 0 aromatic heterocycles. The number of likely N-dealkylation sites (tertiary alicyclic amines) is 1. The van der Waals surface area contributed by atoms with Gasteiger partial charge in [0, 0.05) is 12.2 Å². The minimum Gasteiger partial charge on any atom is -0.480 e. The summed E-state index contributed by atoms with van der Waals surface area (Å²) in [5, 5.41) is 8.75. The maximum Gasteiger partial charge on any atom is 0.401 e. The van der Waals surface area contributed by atoms with Crippen LogP contribution in [0.1, 0.15) is 6.42 Å². The van der Waals surface area contributed by atoms with Crippen molar-refractivity contribution in [1.82, 2.24) is 4.90 Å². The first kappa shape index (κ1) is 15.1. The molecular weight excluding hydrogens is 278 g/mol. The van der Waals surface area contributed by atoms with Crippen LogP contribution in [0, 0.1) is 5.92 Å². The molecule has 1 amide bonds. The van der Waals surface area contributed by atoms with Crippen molar-refractivity contribution < 1.29 is 32.3 Å². The highest BCUT2D eigenvalue weighted by Gasteiger charge is 2.50. The molecule has 0 radical (unpaired) electrons. The van der Waals surface area contributed by atoms with Gasteiger partial charge in [0.2, 0.25) is 5.91 Å². The number of nitrogens with zero attached hydrogens (tertiary/aromatic N) is 1. The fraction of sp³-hybridized carbons (Fsp3) is 0.778. The van der Waals surface area contributed by atoms with Crippen LogP contribution < -0.4 is 0 Å². The second-order valence-electron chi connectivity index (χ2n) is 3.95. The van der Waals surface area contributed by atoms with Crippen molar-refractivity contribution in [3.05, 3.63) is 0 Å². The van der Waals surface area contributed by atoms with E-state index in [2.05, 4.69) is 12.6 Å². The van der Waals surface area contributed by atoms with Gasteiger partial charge < -0.3 is 10.0 Å². The summed E-state index contributed by atoms with van der Waals surface area (Å²) in [5.74, 6) is -6.16. The second-order valence-corrected chi connectivity index (χ2v) is 4.32. The summed E-state index contributed by atoms with van der Waals surface area (Å²) in [5.41, 5.74) is 0. The van der Waals surface area contributed by atoms with E-state index in [0.29, 0.717) is 4.90 Å². The minimum atomic E-state index is -4.82. The highest BCUT2D eigenvalue weighted by molar-refractivity contribution is 7.80. The van der Waals surface area contributed by atoms with Crippen LogP contribution in [0.3, 0.4) is 0 Å². The van der Waals surface area contributed by atoms with E-state index in [4.69, 9.17) is 5.11 Å². The Morgan fingerprint density at radius 3 is 2.39 bits per heavy atom. The molecular formula is C9H11F4NO3S. The molecule has 9 heteroatoms. The lowest BCUT2D eigenvalue weighted by atomic mass is 10.1. The first-order chi connectivity index (χ1) is 8.18. The fourth-order valence-corrected chi connectivity index (χ4v) is 2.15. The molecule has 0 bridgehead atoms. The largest absolute Gasteiger partial charge is 0.480 e. The van der Waals surface area contributed by atoms with Gasteiger partial charge in [-0.15, -0.1) is 0 Å². The molecule has 1 rings (SSSR count). The summed E-state index contributed by atoms with van der Waals surface area (Å²) in [6.45, 7) is -0.629. The highest BCUT2D eigenvalue weighted by atomic mass is 32.1. The third-order valence-electron chi connectivity index (χ3n) is 2.69. The molecule has 0 aromatic carbocycles. The number of carboxylic acids is 1. The molecule has 1 saturated heterocycles. The van der Waals surface area contributed by atoms with E-state index in [1.807, 2.05) is 0 Å². The average Bonchev–Trinajstić information content (AvgIpc) is 2.59. The molecule has 1 N–H and O–H groups in total. The zero-order valence-corrected chi connectivity index (χ0v) is 9.92. The smallest absolute Gasteiger partial charge is 0.401 e. The molecule has 18 heavy (non-hydrogen) atoms. The van der Waals surface area contributed by atoms with E-state index in [1.165, 1.54) is 0 Å².